The van der Waals surface area contributed by atoms with Crippen LogP contribution in [0.15, 0.2) is 11.6 Å². The molecule has 1 amide bonds. The van der Waals surface area contributed by atoms with E-state index in [1.54, 1.807) is 17.5 Å². The highest BCUT2D eigenvalue weighted by Gasteiger charge is 2.30. The lowest BCUT2D eigenvalue weighted by Crippen LogP contribution is -2.46. The predicted octanol–water partition coefficient (Wildman–Crippen LogP) is 2.76. The number of aromatic nitrogens is 1. The van der Waals surface area contributed by atoms with Crippen LogP contribution in [0.1, 0.15) is 62.9 Å². The van der Waals surface area contributed by atoms with E-state index in [0.717, 1.165) is 37.1 Å². The molecule has 0 aliphatic heterocycles. The van der Waals surface area contributed by atoms with Crippen LogP contribution >= 0.6 is 11.3 Å². The molecule has 1 fully saturated rings. The number of amides is 1. The fraction of sp³-hybridized carbons (Fsp3) is 0.714. The summed E-state index contributed by atoms with van der Waals surface area (Å²) in [5.41, 5.74) is 6.03. The second-order valence-corrected chi connectivity index (χ2v) is 6.42. The lowest BCUT2D eigenvalue weighted by molar-refractivity contribution is -0.123. The van der Waals surface area contributed by atoms with E-state index in [-0.39, 0.29) is 17.5 Å². The highest BCUT2D eigenvalue weighted by atomic mass is 32.1. The second-order valence-electron chi connectivity index (χ2n) is 5.50. The molecule has 1 atom stereocenters. The van der Waals surface area contributed by atoms with E-state index in [1.165, 1.54) is 6.42 Å². The molecule has 2 rings (SSSR count). The van der Waals surface area contributed by atoms with Crippen molar-refractivity contribution in [3.05, 3.63) is 16.6 Å². The van der Waals surface area contributed by atoms with Crippen molar-refractivity contribution in [1.29, 1.82) is 0 Å². The summed E-state index contributed by atoms with van der Waals surface area (Å²) in [5, 5.41) is 5.99. The van der Waals surface area contributed by atoms with Gasteiger partial charge in [-0.05, 0) is 19.3 Å². The van der Waals surface area contributed by atoms with Gasteiger partial charge in [-0.25, -0.2) is 4.98 Å². The highest BCUT2D eigenvalue weighted by Crippen LogP contribution is 2.29. The van der Waals surface area contributed by atoms with Gasteiger partial charge in [0, 0.05) is 23.5 Å². The third-order valence-electron chi connectivity index (χ3n) is 3.85. The smallest absolute Gasteiger partial charge is 0.222 e. The average molecular weight is 281 g/mol. The Bertz CT molecular complexity index is 399. The monoisotopic (exact) mass is 281 g/mol. The van der Waals surface area contributed by atoms with Gasteiger partial charge in [0.25, 0.3) is 0 Å². The molecular weight excluding hydrogens is 258 g/mol. The maximum atomic E-state index is 12.2. The zero-order chi connectivity index (χ0) is 13.7. The Morgan fingerprint density at radius 1 is 1.53 bits per heavy atom. The van der Waals surface area contributed by atoms with Gasteiger partial charge in [0.05, 0.1) is 6.04 Å². The Morgan fingerprint density at radius 2 is 2.26 bits per heavy atom. The summed E-state index contributed by atoms with van der Waals surface area (Å²) in [6, 6.07) is 0.0275. The normalized spacial score (nSPS) is 19.9. The number of nitrogens with two attached hydrogens (primary N) is 1. The van der Waals surface area contributed by atoms with Gasteiger partial charge in [-0.2, -0.15) is 0 Å². The molecule has 0 aromatic carbocycles. The van der Waals surface area contributed by atoms with E-state index < -0.39 is 0 Å². The molecule has 19 heavy (non-hydrogen) atoms. The number of rotatable bonds is 5. The number of nitrogens with zero attached hydrogens (tertiary/aromatic N) is 1. The van der Waals surface area contributed by atoms with Gasteiger partial charge in [0.2, 0.25) is 5.91 Å². The zero-order valence-electron chi connectivity index (χ0n) is 11.5. The largest absolute Gasteiger partial charge is 0.347 e. The Morgan fingerprint density at radius 3 is 2.84 bits per heavy atom. The standard InChI is InChI=1S/C14H23N3OS/c1-2-11(13-16-8-9-19-13)17-12(18)10-14(15)6-4-3-5-7-14/h8-9,11H,2-7,10,15H2,1H3,(H,17,18). The summed E-state index contributed by atoms with van der Waals surface area (Å²) < 4.78 is 0. The van der Waals surface area contributed by atoms with E-state index in [0.29, 0.717) is 6.42 Å². The van der Waals surface area contributed by atoms with Crippen LogP contribution in [0.4, 0.5) is 0 Å². The van der Waals surface area contributed by atoms with Crippen LogP contribution in [0.3, 0.4) is 0 Å². The maximum Gasteiger partial charge on any atom is 0.222 e. The van der Waals surface area contributed by atoms with Gasteiger partial charge >= 0.3 is 0 Å². The average Bonchev–Trinajstić information content (AvgIpc) is 2.90. The van der Waals surface area contributed by atoms with E-state index in [4.69, 9.17) is 5.73 Å². The van der Waals surface area contributed by atoms with E-state index in [1.807, 2.05) is 5.38 Å². The Kier molecular flexibility index (Phi) is 4.93. The van der Waals surface area contributed by atoms with Gasteiger partial charge in [-0.3, -0.25) is 4.79 Å². The summed E-state index contributed by atoms with van der Waals surface area (Å²) in [7, 11) is 0. The second kappa shape index (κ2) is 6.48. The molecule has 0 bridgehead atoms. The molecule has 0 spiro atoms. The van der Waals surface area contributed by atoms with Crippen molar-refractivity contribution in [2.75, 3.05) is 0 Å². The van der Waals surface area contributed by atoms with Crippen molar-refractivity contribution in [3.8, 4) is 0 Å². The fourth-order valence-electron chi connectivity index (χ4n) is 2.74. The molecule has 1 aliphatic carbocycles. The van der Waals surface area contributed by atoms with Gasteiger partial charge in [0.1, 0.15) is 5.01 Å². The first kappa shape index (κ1) is 14.5. The Labute approximate surface area is 118 Å². The fourth-order valence-corrected chi connectivity index (χ4v) is 3.52. The van der Waals surface area contributed by atoms with E-state index in [2.05, 4.69) is 17.2 Å². The predicted molar refractivity (Wildman–Crippen MR) is 77.9 cm³/mol. The molecular formula is C14H23N3OS. The summed E-state index contributed by atoms with van der Waals surface area (Å²) in [6.07, 6.45) is 8.55. The van der Waals surface area contributed by atoms with Crippen LogP contribution in [-0.2, 0) is 4.79 Å². The molecule has 1 aromatic heterocycles. The lowest BCUT2D eigenvalue weighted by atomic mass is 9.80. The molecule has 5 heteroatoms. The molecule has 1 saturated carbocycles. The molecule has 1 aromatic rings. The van der Waals surface area contributed by atoms with Gasteiger partial charge < -0.3 is 11.1 Å². The highest BCUT2D eigenvalue weighted by molar-refractivity contribution is 7.09. The number of carbonyl (C=O) groups excluding carboxylic acids is 1. The number of hydrogen-bond donors (Lipinski definition) is 2. The van der Waals surface area contributed by atoms with Crippen LogP contribution in [0.25, 0.3) is 0 Å². The van der Waals surface area contributed by atoms with Gasteiger partial charge in [-0.15, -0.1) is 11.3 Å². The Hall–Kier alpha value is -0.940. The van der Waals surface area contributed by atoms with Crippen LogP contribution < -0.4 is 11.1 Å². The third-order valence-corrected chi connectivity index (χ3v) is 4.74. The SMILES string of the molecule is CCC(NC(=O)CC1(N)CCCCC1)c1nccs1. The summed E-state index contributed by atoms with van der Waals surface area (Å²) >= 11 is 1.59. The van der Waals surface area contributed by atoms with Crippen LogP contribution in [0.2, 0.25) is 0 Å². The first-order chi connectivity index (χ1) is 9.13. The topological polar surface area (TPSA) is 68.0 Å². The molecule has 4 nitrogen and oxygen atoms in total. The van der Waals surface area contributed by atoms with Crippen molar-refractivity contribution in [1.82, 2.24) is 10.3 Å². The van der Waals surface area contributed by atoms with Gasteiger partial charge in [-0.1, -0.05) is 26.2 Å². The zero-order valence-corrected chi connectivity index (χ0v) is 12.3. The number of hydrogen-bond acceptors (Lipinski definition) is 4. The molecule has 1 heterocycles. The third kappa shape index (κ3) is 4.01. The van der Waals surface area contributed by atoms with Crippen LogP contribution in [-0.4, -0.2) is 16.4 Å². The van der Waals surface area contributed by atoms with E-state index in [9.17, 15) is 4.79 Å². The summed E-state index contributed by atoms with van der Waals surface area (Å²) in [6.45, 7) is 2.06. The molecule has 106 valence electrons. The number of nitrogens with one attached hydrogen (secondary N) is 1. The van der Waals surface area contributed by atoms with Crippen molar-refractivity contribution in [3.63, 3.8) is 0 Å². The van der Waals surface area contributed by atoms with Crippen molar-refractivity contribution in [2.45, 2.75) is 63.5 Å². The van der Waals surface area contributed by atoms with Crippen LogP contribution in [0.5, 0.6) is 0 Å². The minimum atomic E-state index is -0.288. The first-order valence-corrected chi connectivity index (χ1v) is 7.98. The molecule has 3 N–H and O–H groups in total. The molecule has 0 radical (unpaired) electrons. The number of thiazole rings is 1. The molecule has 0 saturated heterocycles. The summed E-state index contributed by atoms with van der Waals surface area (Å²) in [5.74, 6) is 0.0615. The Balaban J connectivity index is 1.89. The number of carbonyl (C=O) groups is 1. The quantitative estimate of drug-likeness (QED) is 0.872. The maximum absolute atomic E-state index is 12.2. The van der Waals surface area contributed by atoms with Crippen molar-refractivity contribution in [2.24, 2.45) is 5.73 Å². The first-order valence-electron chi connectivity index (χ1n) is 7.10. The minimum Gasteiger partial charge on any atom is -0.347 e. The minimum absolute atomic E-state index is 0.0275. The molecule has 1 unspecified atom stereocenters. The van der Waals surface area contributed by atoms with E-state index >= 15 is 0 Å². The van der Waals surface area contributed by atoms with Gasteiger partial charge in [0.15, 0.2) is 0 Å². The van der Waals surface area contributed by atoms with Crippen molar-refractivity contribution >= 4 is 17.2 Å². The lowest BCUT2D eigenvalue weighted by Gasteiger charge is -2.33. The summed E-state index contributed by atoms with van der Waals surface area (Å²) in [4.78, 5) is 16.4. The molecule has 1 aliphatic rings. The van der Waals surface area contributed by atoms with Crippen molar-refractivity contribution < 1.29 is 4.79 Å². The van der Waals surface area contributed by atoms with Crippen LogP contribution in [0, 0.1) is 0 Å².